The van der Waals surface area contributed by atoms with Crippen LogP contribution in [0.4, 0.5) is 0 Å². The summed E-state index contributed by atoms with van der Waals surface area (Å²) in [5.74, 6) is 0. The van der Waals surface area contributed by atoms with Crippen molar-refractivity contribution in [1.82, 2.24) is 0 Å². The SMILES string of the molecule is C=CCCCCC(CCCCCCCCCCCC)OCCCCCCCCC. The van der Waals surface area contributed by atoms with E-state index in [2.05, 4.69) is 26.5 Å². The first-order valence-electron chi connectivity index (χ1n) is 13.6. The van der Waals surface area contributed by atoms with E-state index in [1.807, 2.05) is 0 Å². The molecule has 29 heavy (non-hydrogen) atoms. The summed E-state index contributed by atoms with van der Waals surface area (Å²) < 4.78 is 6.31. The molecule has 0 aromatic heterocycles. The van der Waals surface area contributed by atoms with Crippen LogP contribution in [-0.2, 0) is 4.74 Å². The Labute approximate surface area is 185 Å². The maximum atomic E-state index is 6.31. The molecule has 0 heterocycles. The highest BCUT2D eigenvalue weighted by Gasteiger charge is 2.09. The lowest BCUT2D eigenvalue weighted by molar-refractivity contribution is 0.0358. The summed E-state index contributed by atoms with van der Waals surface area (Å²) in [5.41, 5.74) is 0. The minimum atomic E-state index is 0.508. The number of hydrogen-bond donors (Lipinski definition) is 0. The lowest BCUT2D eigenvalue weighted by Gasteiger charge is -2.18. The van der Waals surface area contributed by atoms with Crippen LogP contribution in [0.25, 0.3) is 0 Å². The van der Waals surface area contributed by atoms with Crippen molar-refractivity contribution < 1.29 is 4.74 Å². The van der Waals surface area contributed by atoms with Gasteiger partial charge < -0.3 is 4.74 Å². The van der Waals surface area contributed by atoms with Gasteiger partial charge in [0.25, 0.3) is 0 Å². The van der Waals surface area contributed by atoms with Crippen molar-refractivity contribution in [2.24, 2.45) is 0 Å². The van der Waals surface area contributed by atoms with E-state index in [4.69, 9.17) is 4.74 Å². The first-order valence-corrected chi connectivity index (χ1v) is 13.6. The van der Waals surface area contributed by atoms with Crippen LogP contribution in [0, 0.1) is 0 Å². The van der Waals surface area contributed by atoms with Gasteiger partial charge in [-0.25, -0.2) is 0 Å². The lowest BCUT2D eigenvalue weighted by atomic mass is 10.0. The van der Waals surface area contributed by atoms with Gasteiger partial charge in [0.05, 0.1) is 6.10 Å². The predicted molar refractivity (Wildman–Crippen MR) is 133 cm³/mol. The molecule has 0 aliphatic carbocycles. The Bertz CT molecular complexity index is 299. The second-order valence-corrected chi connectivity index (χ2v) is 9.16. The van der Waals surface area contributed by atoms with Crippen molar-refractivity contribution >= 4 is 0 Å². The minimum absolute atomic E-state index is 0.508. The van der Waals surface area contributed by atoms with Crippen molar-refractivity contribution in [2.75, 3.05) is 6.61 Å². The topological polar surface area (TPSA) is 9.23 Å². The maximum Gasteiger partial charge on any atom is 0.0575 e. The van der Waals surface area contributed by atoms with Gasteiger partial charge in [0.1, 0.15) is 0 Å². The summed E-state index contributed by atoms with van der Waals surface area (Å²) in [6, 6.07) is 0. The molecule has 0 amide bonds. The third-order valence-electron chi connectivity index (χ3n) is 6.17. The summed E-state index contributed by atoms with van der Waals surface area (Å²) in [6.45, 7) is 9.42. The van der Waals surface area contributed by atoms with Crippen LogP contribution in [0.3, 0.4) is 0 Å². The van der Waals surface area contributed by atoms with E-state index in [0.717, 1.165) is 13.0 Å². The Morgan fingerprint density at radius 3 is 1.45 bits per heavy atom. The average Bonchev–Trinajstić information content (AvgIpc) is 2.73. The summed E-state index contributed by atoms with van der Waals surface area (Å²) in [6.07, 6.45) is 32.6. The summed E-state index contributed by atoms with van der Waals surface area (Å²) in [4.78, 5) is 0. The van der Waals surface area contributed by atoms with Gasteiger partial charge in [0.15, 0.2) is 0 Å². The second kappa shape index (κ2) is 25.7. The van der Waals surface area contributed by atoms with E-state index in [0.29, 0.717) is 6.10 Å². The highest BCUT2D eigenvalue weighted by atomic mass is 16.5. The molecule has 174 valence electrons. The number of rotatable bonds is 25. The van der Waals surface area contributed by atoms with Crippen molar-refractivity contribution in [1.29, 1.82) is 0 Å². The smallest absolute Gasteiger partial charge is 0.0575 e. The van der Waals surface area contributed by atoms with Crippen LogP contribution in [0.2, 0.25) is 0 Å². The monoisotopic (exact) mass is 408 g/mol. The number of allylic oxidation sites excluding steroid dienone is 1. The maximum absolute atomic E-state index is 6.31. The zero-order valence-corrected chi connectivity index (χ0v) is 20.5. The van der Waals surface area contributed by atoms with Crippen molar-refractivity contribution in [2.45, 2.75) is 161 Å². The highest BCUT2D eigenvalue weighted by molar-refractivity contribution is 4.67. The first-order chi connectivity index (χ1) is 14.3. The lowest BCUT2D eigenvalue weighted by Crippen LogP contribution is -2.14. The molecule has 0 fully saturated rings. The number of ether oxygens (including phenoxy) is 1. The fraction of sp³-hybridized carbons (Fsp3) is 0.929. The Hall–Kier alpha value is -0.300. The third kappa shape index (κ3) is 23.8. The second-order valence-electron chi connectivity index (χ2n) is 9.16. The molecule has 0 bridgehead atoms. The average molecular weight is 409 g/mol. The largest absolute Gasteiger partial charge is 0.378 e. The van der Waals surface area contributed by atoms with E-state index < -0.39 is 0 Å². The highest BCUT2D eigenvalue weighted by Crippen LogP contribution is 2.17. The zero-order valence-electron chi connectivity index (χ0n) is 20.5. The summed E-state index contributed by atoms with van der Waals surface area (Å²) >= 11 is 0. The van der Waals surface area contributed by atoms with E-state index in [-0.39, 0.29) is 0 Å². The molecule has 1 unspecified atom stereocenters. The number of hydrogen-bond acceptors (Lipinski definition) is 1. The molecule has 0 aromatic rings. The van der Waals surface area contributed by atoms with Gasteiger partial charge >= 0.3 is 0 Å². The van der Waals surface area contributed by atoms with Crippen molar-refractivity contribution in [3.05, 3.63) is 12.7 Å². The van der Waals surface area contributed by atoms with Gasteiger partial charge in [-0.2, -0.15) is 0 Å². The number of unbranched alkanes of at least 4 members (excludes halogenated alkanes) is 17. The van der Waals surface area contributed by atoms with Gasteiger partial charge in [-0.15, -0.1) is 6.58 Å². The van der Waals surface area contributed by atoms with Gasteiger partial charge in [-0.05, 0) is 32.1 Å². The summed E-state index contributed by atoms with van der Waals surface area (Å²) in [5, 5.41) is 0. The van der Waals surface area contributed by atoms with E-state index >= 15 is 0 Å². The molecule has 0 rings (SSSR count). The predicted octanol–water partition coefficient (Wildman–Crippen LogP) is 10.2. The molecule has 1 atom stereocenters. The Balaban J connectivity index is 3.70. The van der Waals surface area contributed by atoms with Crippen molar-refractivity contribution in [3.8, 4) is 0 Å². The van der Waals surface area contributed by atoms with Crippen LogP contribution >= 0.6 is 0 Å². The molecule has 0 spiro atoms. The molecule has 0 radical (unpaired) electrons. The van der Waals surface area contributed by atoms with E-state index in [1.165, 1.54) is 135 Å². The summed E-state index contributed by atoms with van der Waals surface area (Å²) in [7, 11) is 0. The zero-order chi connectivity index (χ0) is 21.3. The van der Waals surface area contributed by atoms with Gasteiger partial charge in [-0.1, -0.05) is 129 Å². The minimum Gasteiger partial charge on any atom is -0.378 e. The first kappa shape index (κ1) is 28.7. The fourth-order valence-electron chi connectivity index (χ4n) is 4.14. The van der Waals surface area contributed by atoms with Gasteiger partial charge in [0.2, 0.25) is 0 Å². The van der Waals surface area contributed by atoms with Crippen molar-refractivity contribution in [3.63, 3.8) is 0 Å². The molecule has 1 heteroatoms. The molecule has 0 N–H and O–H groups in total. The van der Waals surface area contributed by atoms with Crippen LogP contribution < -0.4 is 0 Å². The normalized spacial score (nSPS) is 12.3. The van der Waals surface area contributed by atoms with Crippen LogP contribution in [0.15, 0.2) is 12.7 Å². The Morgan fingerprint density at radius 2 is 0.966 bits per heavy atom. The fourth-order valence-corrected chi connectivity index (χ4v) is 4.14. The Morgan fingerprint density at radius 1 is 0.552 bits per heavy atom. The molecule has 0 aromatic carbocycles. The molecule has 0 saturated heterocycles. The standard InChI is InChI=1S/C28H56O/c1-4-7-10-13-15-16-17-18-20-23-26-28(25-22-12-9-6-3)29-27-24-21-19-14-11-8-5-2/h6,28H,3-5,7-27H2,1-2H3. The molecular formula is C28H56O. The van der Waals surface area contributed by atoms with E-state index in [9.17, 15) is 0 Å². The van der Waals surface area contributed by atoms with Crippen LogP contribution in [0.1, 0.15) is 155 Å². The molecular weight excluding hydrogens is 352 g/mol. The van der Waals surface area contributed by atoms with E-state index in [1.54, 1.807) is 0 Å². The Kier molecular flexibility index (Phi) is 25.5. The molecule has 0 aliphatic heterocycles. The molecule has 0 aliphatic rings. The quantitative estimate of drug-likeness (QED) is 0.108. The van der Waals surface area contributed by atoms with Gasteiger partial charge in [-0.3, -0.25) is 0 Å². The van der Waals surface area contributed by atoms with Crippen LogP contribution in [0.5, 0.6) is 0 Å². The van der Waals surface area contributed by atoms with Crippen LogP contribution in [-0.4, -0.2) is 12.7 Å². The third-order valence-corrected chi connectivity index (χ3v) is 6.17. The van der Waals surface area contributed by atoms with Gasteiger partial charge in [0, 0.05) is 6.61 Å². The molecule has 1 nitrogen and oxygen atoms in total. The molecule has 0 saturated carbocycles.